The van der Waals surface area contributed by atoms with E-state index in [4.69, 9.17) is 0 Å². The van der Waals surface area contributed by atoms with Gasteiger partial charge in [-0.05, 0) is 37.6 Å². The Morgan fingerprint density at radius 1 is 1.25 bits per heavy atom. The number of nitrogens with zero attached hydrogens (tertiary/aromatic N) is 1. The zero-order chi connectivity index (χ0) is 12.1. The number of hydrogen-bond acceptors (Lipinski definition) is 3. The van der Waals surface area contributed by atoms with Gasteiger partial charge in [0.25, 0.3) is 0 Å². The lowest BCUT2D eigenvalue weighted by atomic mass is 10.1. The third-order valence-corrected chi connectivity index (χ3v) is 4.32. The zero-order valence-corrected chi connectivity index (χ0v) is 11.6. The first-order chi connectivity index (χ1) is 7.54. The lowest BCUT2D eigenvalue weighted by Crippen LogP contribution is -2.12. The molecule has 0 spiro atoms. The molecule has 0 aliphatic carbocycles. The van der Waals surface area contributed by atoms with E-state index in [1.807, 2.05) is 25.0 Å². The predicted octanol–water partition coefficient (Wildman–Crippen LogP) is 3.50. The lowest BCUT2D eigenvalue weighted by molar-refractivity contribution is 0.639. The van der Waals surface area contributed by atoms with Crippen LogP contribution in [-0.4, -0.2) is 17.3 Å². The van der Waals surface area contributed by atoms with E-state index in [1.165, 1.54) is 5.56 Å². The summed E-state index contributed by atoms with van der Waals surface area (Å²) in [6.45, 7) is 8.91. The summed E-state index contributed by atoms with van der Waals surface area (Å²) >= 11 is 1.85. The van der Waals surface area contributed by atoms with Crippen LogP contribution in [0.2, 0.25) is 0 Å². The van der Waals surface area contributed by atoms with Crippen molar-refractivity contribution in [2.45, 2.75) is 44.0 Å². The van der Waals surface area contributed by atoms with E-state index in [2.05, 4.69) is 50.1 Å². The second-order valence-corrected chi connectivity index (χ2v) is 5.90. The predicted molar refractivity (Wildman–Crippen MR) is 71.9 cm³/mol. The van der Waals surface area contributed by atoms with E-state index in [0.29, 0.717) is 17.2 Å². The minimum Gasteiger partial charge on any atom is -0.313 e. The normalized spacial score (nSPS) is 15.1. The van der Waals surface area contributed by atoms with E-state index < -0.39 is 0 Å². The second kappa shape index (κ2) is 6.26. The van der Waals surface area contributed by atoms with Crippen LogP contribution in [0.25, 0.3) is 0 Å². The summed E-state index contributed by atoms with van der Waals surface area (Å²) in [5.74, 6) is 0.678. The summed E-state index contributed by atoms with van der Waals surface area (Å²) < 4.78 is 0. The van der Waals surface area contributed by atoms with E-state index in [9.17, 15) is 0 Å². The Labute approximate surface area is 103 Å². The molecular formula is C13H22N2S. The van der Waals surface area contributed by atoms with Gasteiger partial charge in [-0.1, -0.05) is 20.8 Å². The lowest BCUT2D eigenvalue weighted by Gasteiger charge is -2.16. The van der Waals surface area contributed by atoms with Crippen molar-refractivity contribution in [3.05, 3.63) is 23.9 Å². The van der Waals surface area contributed by atoms with Gasteiger partial charge in [0.1, 0.15) is 0 Å². The van der Waals surface area contributed by atoms with Crippen LogP contribution in [0, 0.1) is 5.92 Å². The van der Waals surface area contributed by atoms with E-state index in [-0.39, 0.29) is 0 Å². The van der Waals surface area contributed by atoms with Crippen molar-refractivity contribution >= 4 is 11.8 Å². The Morgan fingerprint density at radius 2 is 1.94 bits per heavy atom. The van der Waals surface area contributed by atoms with Gasteiger partial charge in [0.15, 0.2) is 0 Å². The standard InChI is InChI=1S/C13H22N2S/c1-9(2)11(4)16-13-8-12(6-7-15-13)10(3)14-5/h6-11,14H,1-5H3. The average Bonchev–Trinajstić information content (AvgIpc) is 2.28. The van der Waals surface area contributed by atoms with Crippen molar-refractivity contribution in [1.82, 2.24) is 10.3 Å². The summed E-state index contributed by atoms with van der Waals surface area (Å²) in [5, 5.41) is 4.98. The molecule has 90 valence electrons. The van der Waals surface area contributed by atoms with Gasteiger partial charge >= 0.3 is 0 Å². The molecule has 1 rings (SSSR count). The molecule has 1 aromatic rings. The van der Waals surface area contributed by atoms with Gasteiger partial charge in [0, 0.05) is 17.5 Å². The van der Waals surface area contributed by atoms with Crippen LogP contribution in [0.1, 0.15) is 39.3 Å². The highest BCUT2D eigenvalue weighted by atomic mass is 32.2. The fourth-order valence-electron chi connectivity index (χ4n) is 1.25. The number of hydrogen-bond donors (Lipinski definition) is 1. The highest BCUT2D eigenvalue weighted by Crippen LogP contribution is 2.27. The van der Waals surface area contributed by atoms with E-state index in [0.717, 1.165) is 5.03 Å². The number of thioether (sulfide) groups is 1. The van der Waals surface area contributed by atoms with Crippen LogP contribution >= 0.6 is 11.8 Å². The molecule has 1 N–H and O–H groups in total. The molecule has 2 atom stereocenters. The molecule has 0 saturated carbocycles. The summed E-state index contributed by atoms with van der Waals surface area (Å²) in [5.41, 5.74) is 1.30. The maximum atomic E-state index is 4.41. The van der Waals surface area contributed by atoms with Crippen LogP contribution in [0.15, 0.2) is 23.4 Å². The number of rotatable bonds is 5. The van der Waals surface area contributed by atoms with Gasteiger partial charge in [-0.3, -0.25) is 0 Å². The quantitative estimate of drug-likeness (QED) is 0.795. The Hall–Kier alpha value is -0.540. The van der Waals surface area contributed by atoms with Crippen molar-refractivity contribution in [1.29, 1.82) is 0 Å². The third-order valence-electron chi connectivity index (χ3n) is 2.94. The number of aromatic nitrogens is 1. The first-order valence-electron chi connectivity index (χ1n) is 5.84. The first-order valence-corrected chi connectivity index (χ1v) is 6.72. The van der Waals surface area contributed by atoms with Gasteiger partial charge in [0.2, 0.25) is 0 Å². The minimum atomic E-state index is 0.386. The number of pyridine rings is 1. The van der Waals surface area contributed by atoms with Crippen LogP contribution in [0.4, 0.5) is 0 Å². The SMILES string of the molecule is CNC(C)c1ccnc(SC(C)C(C)C)c1. The molecule has 0 radical (unpaired) electrons. The molecule has 1 heterocycles. The summed E-state index contributed by atoms with van der Waals surface area (Å²) in [4.78, 5) is 4.41. The molecule has 0 bridgehead atoms. The average molecular weight is 238 g/mol. The number of nitrogens with one attached hydrogen (secondary N) is 1. The molecule has 0 amide bonds. The van der Waals surface area contributed by atoms with Crippen LogP contribution in [-0.2, 0) is 0 Å². The molecule has 2 nitrogen and oxygen atoms in total. The van der Waals surface area contributed by atoms with Crippen molar-refractivity contribution < 1.29 is 0 Å². The van der Waals surface area contributed by atoms with Gasteiger partial charge in [-0.25, -0.2) is 4.98 Å². The monoisotopic (exact) mass is 238 g/mol. The molecule has 0 fully saturated rings. The molecule has 0 aliphatic rings. The van der Waals surface area contributed by atoms with E-state index in [1.54, 1.807) is 0 Å². The Bertz CT molecular complexity index is 325. The van der Waals surface area contributed by atoms with Crippen LogP contribution in [0.3, 0.4) is 0 Å². The van der Waals surface area contributed by atoms with Crippen LogP contribution in [0.5, 0.6) is 0 Å². The Kier molecular flexibility index (Phi) is 5.29. The summed E-state index contributed by atoms with van der Waals surface area (Å²) in [6, 6.07) is 4.65. The van der Waals surface area contributed by atoms with Crippen molar-refractivity contribution in [2.24, 2.45) is 5.92 Å². The first kappa shape index (κ1) is 13.5. The molecule has 1 aromatic heterocycles. The van der Waals surface area contributed by atoms with Crippen molar-refractivity contribution in [3.8, 4) is 0 Å². The molecular weight excluding hydrogens is 216 g/mol. The van der Waals surface area contributed by atoms with E-state index >= 15 is 0 Å². The molecule has 3 heteroatoms. The highest BCUT2D eigenvalue weighted by Gasteiger charge is 2.11. The maximum absolute atomic E-state index is 4.41. The molecule has 16 heavy (non-hydrogen) atoms. The molecule has 2 unspecified atom stereocenters. The fourth-order valence-corrected chi connectivity index (χ4v) is 2.23. The van der Waals surface area contributed by atoms with Crippen LogP contribution < -0.4 is 5.32 Å². The molecule has 0 aliphatic heterocycles. The highest BCUT2D eigenvalue weighted by molar-refractivity contribution is 7.99. The zero-order valence-electron chi connectivity index (χ0n) is 10.8. The smallest absolute Gasteiger partial charge is 0.0965 e. The molecule has 0 aromatic carbocycles. The van der Waals surface area contributed by atoms with Gasteiger partial charge < -0.3 is 5.32 Å². The topological polar surface area (TPSA) is 24.9 Å². The van der Waals surface area contributed by atoms with Crippen molar-refractivity contribution in [3.63, 3.8) is 0 Å². The van der Waals surface area contributed by atoms with Crippen molar-refractivity contribution in [2.75, 3.05) is 7.05 Å². The fraction of sp³-hybridized carbons (Fsp3) is 0.615. The molecule has 0 saturated heterocycles. The third kappa shape index (κ3) is 3.80. The minimum absolute atomic E-state index is 0.386. The largest absolute Gasteiger partial charge is 0.313 e. The summed E-state index contributed by atoms with van der Waals surface area (Å²) in [6.07, 6.45) is 1.90. The van der Waals surface area contributed by atoms with Gasteiger partial charge in [0.05, 0.1) is 5.03 Å². The Morgan fingerprint density at radius 3 is 2.50 bits per heavy atom. The Balaban J connectivity index is 2.74. The maximum Gasteiger partial charge on any atom is 0.0965 e. The van der Waals surface area contributed by atoms with Gasteiger partial charge in [-0.2, -0.15) is 0 Å². The summed E-state index contributed by atoms with van der Waals surface area (Å²) in [7, 11) is 1.98. The second-order valence-electron chi connectivity index (χ2n) is 4.50. The van der Waals surface area contributed by atoms with Gasteiger partial charge in [-0.15, -0.1) is 11.8 Å².